The highest BCUT2D eigenvalue weighted by molar-refractivity contribution is 7.14. The number of thiophene rings is 1. The molecule has 0 saturated heterocycles. The molecule has 2 aromatic carbocycles. The van der Waals surface area contributed by atoms with Crippen molar-refractivity contribution in [1.82, 2.24) is 4.90 Å². The van der Waals surface area contributed by atoms with Crippen LogP contribution in [0, 0.1) is 11.6 Å². The fourth-order valence-electron chi connectivity index (χ4n) is 4.00. The highest BCUT2D eigenvalue weighted by Crippen LogP contribution is 2.41. The summed E-state index contributed by atoms with van der Waals surface area (Å²) in [5, 5.41) is 1.64. The van der Waals surface area contributed by atoms with Gasteiger partial charge in [-0.3, -0.25) is 9.80 Å². The maximum Gasteiger partial charge on any atom is 0.415 e. The Hall–Kier alpha value is -3.54. The number of nitrogens with two attached hydrogens (primary N) is 1. The number of nitrogens with zero attached hydrogens (tertiary/aromatic N) is 2. The number of anilines is 2. The Bertz CT molecular complexity index is 1260. The topological polar surface area (TPSA) is 94.3 Å². The number of esters is 1. The first-order valence-electron chi connectivity index (χ1n) is 13.0. The summed E-state index contributed by atoms with van der Waals surface area (Å²) >= 11 is 1.28. The molecule has 2 N–H and O–H groups in total. The maximum absolute atomic E-state index is 14.3. The van der Waals surface area contributed by atoms with E-state index < -0.39 is 29.8 Å². The van der Waals surface area contributed by atoms with Crippen LogP contribution in [0.1, 0.15) is 36.7 Å². The van der Waals surface area contributed by atoms with Gasteiger partial charge in [0.15, 0.2) is 0 Å². The minimum atomic E-state index is -0.875. The number of rotatable bonds is 13. The molecule has 1 aromatic heterocycles. The van der Waals surface area contributed by atoms with Crippen molar-refractivity contribution in [3.05, 3.63) is 70.6 Å². The Balaban J connectivity index is 2.01. The zero-order chi connectivity index (χ0) is 29.2. The Morgan fingerprint density at radius 1 is 1.05 bits per heavy atom. The molecule has 3 rings (SSSR count). The van der Waals surface area contributed by atoms with Crippen molar-refractivity contribution in [2.24, 2.45) is 0 Å². The van der Waals surface area contributed by atoms with Crippen molar-refractivity contribution in [2.75, 3.05) is 50.7 Å². The Kier molecular flexibility index (Phi) is 11.4. The van der Waals surface area contributed by atoms with E-state index in [4.69, 9.17) is 19.9 Å². The fraction of sp³-hybridized carbons (Fsp3) is 0.379. The van der Waals surface area contributed by atoms with Crippen LogP contribution < -0.4 is 10.6 Å². The van der Waals surface area contributed by atoms with Gasteiger partial charge in [0, 0.05) is 36.2 Å². The van der Waals surface area contributed by atoms with Crippen LogP contribution in [0.25, 0.3) is 10.4 Å². The number of hydrogen-bond donors (Lipinski definition) is 1. The van der Waals surface area contributed by atoms with Crippen molar-refractivity contribution in [1.29, 1.82) is 0 Å². The van der Waals surface area contributed by atoms with Gasteiger partial charge in [0.05, 0.1) is 36.0 Å². The minimum Gasteiger partial charge on any atom is -0.462 e. The molecule has 8 nitrogen and oxygen atoms in total. The average Bonchev–Trinajstić information content (AvgIpc) is 3.35. The molecule has 216 valence electrons. The van der Waals surface area contributed by atoms with Gasteiger partial charge in [-0.15, -0.1) is 11.3 Å². The van der Waals surface area contributed by atoms with E-state index in [2.05, 4.69) is 0 Å². The van der Waals surface area contributed by atoms with Crippen LogP contribution in [0.15, 0.2) is 47.8 Å². The highest BCUT2D eigenvalue weighted by atomic mass is 32.1. The van der Waals surface area contributed by atoms with Gasteiger partial charge in [0.2, 0.25) is 0 Å². The third-order valence-electron chi connectivity index (χ3n) is 5.98. The van der Waals surface area contributed by atoms with Crippen molar-refractivity contribution in [3.8, 4) is 10.4 Å². The molecule has 3 aromatic rings. The minimum absolute atomic E-state index is 0.0395. The second-order valence-electron chi connectivity index (χ2n) is 9.11. The first kappa shape index (κ1) is 31.0. The maximum atomic E-state index is 14.3. The molecule has 1 heterocycles. The molecule has 0 spiro atoms. The first-order valence-corrected chi connectivity index (χ1v) is 13.9. The van der Waals surface area contributed by atoms with Crippen LogP contribution in [-0.2, 0) is 20.6 Å². The van der Waals surface area contributed by atoms with Gasteiger partial charge in [-0.25, -0.2) is 18.4 Å². The monoisotopic (exact) mass is 575 g/mol. The summed E-state index contributed by atoms with van der Waals surface area (Å²) in [5.41, 5.74) is 7.51. The van der Waals surface area contributed by atoms with E-state index in [9.17, 15) is 18.4 Å². The lowest BCUT2D eigenvalue weighted by Crippen LogP contribution is -2.43. The lowest BCUT2D eigenvalue weighted by molar-refractivity contribution is 0.0527. The van der Waals surface area contributed by atoms with E-state index in [1.165, 1.54) is 22.3 Å². The van der Waals surface area contributed by atoms with Crippen LogP contribution in [0.3, 0.4) is 0 Å². The summed E-state index contributed by atoms with van der Waals surface area (Å²) in [6, 6.07) is 10.6. The van der Waals surface area contributed by atoms with Crippen LogP contribution in [0.4, 0.5) is 25.0 Å². The van der Waals surface area contributed by atoms with Crippen LogP contribution >= 0.6 is 11.3 Å². The Labute approximate surface area is 237 Å². The van der Waals surface area contributed by atoms with E-state index in [0.717, 1.165) is 17.7 Å². The van der Waals surface area contributed by atoms with Crippen LogP contribution in [-0.4, -0.2) is 63.1 Å². The number of carbonyl (C=O) groups excluding carboxylic acids is 2. The second-order valence-corrected chi connectivity index (χ2v) is 9.99. The summed E-state index contributed by atoms with van der Waals surface area (Å²) < 4.78 is 45.0. The SMILES string of the molecule is CCOCCN(C)CN(C(=O)OC(C)Cc1c(F)cccc1F)c1c(C(=O)OCC)csc1-c1ccc(N)cc1. The predicted molar refractivity (Wildman–Crippen MR) is 153 cm³/mol. The van der Waals surface area contributed by atoms with E-state index in [-0.39, 0.29) is 30.8 Å². The Morgan fingerprint density at radius 2 is 1.73 bits per heavy atom. The van der Waals surface area contributed by atoms with E-state index in [1.54, 1.807) is 50.5 Å². The average molecular weight is 576 g/mol. The quantitative estimate of drug-likeness (QED) is 0.116. The zero-order valence-electron chi connectivity index (χ0n) is 23.1. The summed E-state index contributed by atoms with van der Waals surface area (Å²) in [5.74, 6) is -2.03. The summed E-state index contributed by atoms with van der Waals surface area (Å²) in [4.78, 5) is 30.6. The van der Waals surface area contributed by atoms with Crippen LogP contribution in [0.5, 0.6) is 0 Å². The molecule has 0 radical (unpaired) electrons. The van der Waals surface area contributed by atoms with Gasteiger partial charge in [0.1, 0.15) is 17.7 Å². The molecule has 1 atom stereocenters. The standard InChI is InChI=1S/C29H35F2N3O5S/c1-5-37-15-14-33(4)18-34(29(36)39-19(3)16-22-24(30)8-7-9-25(22)31)26-23(28(35)38-6-2)17-40-27(26)20-10-12-21(32)13-11-20/h7-13,17,19H,5-6,14-16,18,32H2,1-4H3. The van der Waals surface area contributed by atoms with Crippen molar-refractivity contribution < 1.29 is 32.6 Å². The van der Waals surface area contributed by atoms with E-state index in [0.29, 0.717) is 36.0 Å². The number of halogens is 2. The van der Waals surface area contributed by atoms with Crippen molar-refractivity contribution >= 4 is 34.8 Å². The van der Waals surface area contributed by atoms with Gasteiger partial charge in [-0.05, 0) is 57.6 Å². The summed E-state index contributed by atoms with van der Waals surface area (Å²) in [6.07, 6.45) is -1.83. The molecule has 40 heavy (non-hydrogen) atoms. The van der Waals surface area contributed by atoms with Crippen molar-refractivity contribution in [2.45, 2.75) is 33.3 Å². The molecule has 0 fully saturated rings. The fourth-order valence-corrected chi connectivity index (χ4v) is 5.05. The number of carbonyl (C=O) groups is 2. The van der Waals surface area contributed by atoms with Gasteiger partial charge in [-0.1, -0.05) is 18.2 Å². The van der Waals surface area contributed by atoms with Crippen LogP contribution in [0.2, 0.25) is 0 Å². The number of ether oxygens (including phenoxy) is 3. The molecule has 0 aliphatic heterocycles. The number of nitrogen functional groups attached to an aromatic ring is 1. The lowest BCUT2D eigenvalue weighted by Gasteiger charge is -2.30. The molecule has 1 unspecified atom stereocenters. The summed E-state index contributed by atoms with van der Waals surface area (Å²) in [7, 11) is 1.80. The zero-order valence-corrected chi connectivity index (χ0v) is 23.9. The van der Waals surface area contributed by atoms with E-state index >= 15 is 0 Å². The normalized spacial score (nSPS) is 11.9. The number of amides is 1. The smallest absolute Gasteiger partial charge is 0.415 e. The third kappa shape index (κ3) is 8.00. The highest BCUT2D eigenvalue weighted by Gasteiger charge is 2.31. The van der Waals surface area contributed by atoms with E-state index in [1.807, 2.05) is 11.8 Å². The predicted octanol–water partition coefficient (Wildman–Crippen LogP) is 5.95. The molecule has 0 saturated carbocycles. The van der Waals surface area contributed by atoms with Gasteiger partial charge >= 0.3 is 12.1 Å². The number of benzene rings is 2. The second kappa shape index (κ2) is 14.7. The molecule has 0 aliphatic rings. The third-order valence-corrected chi connectivity index (χ3v) is 7.00. The van der Waals surface area contributed by atoms with Gasteiger partial charge < -0.3 is 19.9 Å². The molecule has 1 amide bonds. The van der Waals surface area contributed by atoms with Crippen molar-refractivity contribution in [3.63, 3.8) is 0 Å². The number of likely N-dealkylation sites (N-methyl/N-ethyl adjacent to an activating group) is 1. The largest absolute Gasteiger partial charge is 0.462 e. The molecule has 0 aliphatic carbocycles. The first-order chi connectivity index (χ1) is 19.2. The number of hydrogen-bond acceptors (Lipinski definition) is 8. The summed E-state index contributed by atoms with van der Waals surface area (Å²) in [6.45, 7) is 6.79. The molecule has 11 heteroatoms. The molecular formula is C29H35F2N3O5S. The molecular weight excluding hydrogens is 540 g/mol. The Morgan fingerprint density at radius 3 is 2.35 bits per heavy atom. The lowest BCUT2D eigenvalue weighted by atomic mass is 10.1. The molecule has 0 bridgehead atoms. The van der Waals surface area contributed by atoms with Gasteiger partial charge in [-0.2, -0.15) is 0 Å². The van der Waals surface area contributed by atoms with Gasteiger partial charge in [0.25, 0.3) is 0 Å².